The molecule has 1 aromatic carbocycles. The highest BCUT2D eigenvalue weighted by Crippen LogP contribution is 2.50. The van der Waals surface area contributed by atoms with Crippen LogP contribution in [0.2, 0.25) is 0 Å². The monoisotopic (exact) mass is 288 g/mol. The molecule has 0 aliphatic rings. The number of aliphatic hydroxyl groups is 1. The van der Waals surface area contributed by atoms with Crippen LogP contribution in [0.5, 0.6) is 5.75 Å². The number of phosphoric ester groups is 1. The number of rotatable bonds is 7. The van der Waals surface area contributed by atoms with Crippen molar-refractivity contribution >= 4 is 7.82 Å². The van der Waals surface area contributed by atoms with E-state index in [9.17, 15) is 4.57 Å². The fraction of sp³-hybridized carbons (Fsp3) is 0.538. The summed E-state index contributed by atoms with van der Waals surface area (Å²) >= 11 is 0. The van der Waals surface area contributed by atoms with Crippen LogP contribution in [0.25, 0.3) is 0 Å². The molecule has 1 aromatic rings. The molecule has 1 rings (SSSR count). The highest BCUT2D eigenvalue weighted by molar-refractivity contribution is 7.48. The van der Waals surface area contributed by atoms with Crippen molar-refractivity contribution in [1.29, 1.82) is 0 Å². The first-order valence-electron chi connectivity index (χ1n) is 6.09. The summed E-state index contributed by atoms with van der Waals surface area (Å²) < 4.78 is 28.0. The van der Waals surface area contributed by atoms with Crippen molar-refractivity contribution in [3.05, 3.63) is 30.3 Å². The first kappa shape index (κ1) is 16.2. The smallest absolute Gasteiger partial charge is 0.404 e. The van der Waals surface area contributed by atoms with Gasteiger partial charge in [-0.3, -0.25) is 9.05 Å². The number of aliphatic hydroxyl groups excluding tert-OH is 1. The third-order valence-corrected chi connectivity index (χ3v) is 3.34. The Kier molecular flexibility index (Phi) is 6.01. The zero-order valence-electron chi connectivity index (χ0n) is 11.5. The Morgan fingerprint density at radius 2 is 1.79 bits per heavy atom. The Morgan fingerprint density at radius 1 is 1.16 bits per heavy atom. The normalized spacial score (nSPS) is 14.9. The average Bonchev–Trinajstić information content (AvgIpc) is 2.35. The molecule has 1 N–H and O–H groups in total. The summed E-state index contributed by atoms with van der Waals surface area (Å²) in [6, 6.07) is 8.66. The first-order valence-corrected chi connectivity index (χ1v) is 7.55. The van der Waals surface area contributed by atoms with Gasteiger partial charge in [0.05, 0.1) is 19.8 Å². The minimum Gasteiger partial charge on any atom is -0.404 e. The van der Waals surface area contributed by atoms with E-state index in [2.05, 4.69) is 0 Å². The van der Waals surface area contributed by atoms with Crippen molar-refractivity contribution in [3.8, 4) is 5.75 Å². The van der Waals surface area contributed by atoms with Crippen molar-refractivity contribution in [1.82, 2.24) is 0 Å². The molecule has 5 nitrogen and oxygen atoms in total. The fourth-order valence-electron chi connectivity index (χ4n) is 1.13. The summed E-state index contributed by atoms with van der Waals surface area (Å²) in [6.45, 7) is 5.72. The molecule has 0 bridgehead atoms. The molecule has 0 spiro atoms. The molecule has 0 aromatic heterocycles. The van der Waals surface area contributed by atoms with Crippen molar-refractivity contribution in [2.45, 2.75) is 20.8 Å². The van der Waals surface area contributed by atoms with Crippen LogP contribution in [0.15, 0.2) is 30.3 Å². The lowest BCUT2D eigenvalue weighted by molar-refractivity contribution is 0.101. The summed E-state index contributed by atoms with van der Waals surface area (Å²) in [7, 11) is -3.71. The highest BCUT2D eigenvalue weighted by atomic mass is 31.2. The van der Waals surface area contributed by atoms with Gasteiger partial charge in [0.2, 0.25) is 0 Å². The topological polar surface area (TPSA) is 65.0 Å². The quantitative estimate of drug-likeness (QED) is 0.780. The van der Waals surface area contributed by atoms with Crippen LogP contribution in [-0.2, 0) is 13.6 Å². The van der Waals surface area contributed by atoms with Gasteiger partial charge >= 0.3 is 7.82 Å². The Morgan fingerprint density at radius 3 is 2.32 bits per heavy atom. The van der Waals surface area contributed by atoms with Crippen LogP contribution in [-0.4, -0.2) is 24.9 Å². The van der Waals surface area contributed by atoms with E-state index < -0.39 is 7.82 Å². The molecule has 0 saturated carbocycles. The lowest BCUT2D eigenvalue weighted by Crippen LogP contribution is -2.16. The molecule has 0 aliphatic heterocycles. The number of hydrogen-bond donors (Lipinski definition) is 1. The Labute approximate surface area is 114 Å². The maximum Gasteiger partial charge on any atom is 0.530 e. The maximum absolute atomic E-state index is 12.4. The van der Waals surface area contributed by atoms with Crippen LogP contribution in [0.1, 0.15) is 20.8 Å². The Hall–Kier alpha value is -0.870. The summed E-state index contributed by atoms with van der Waals surface area (Å²) in [5, 5.41) is 8.77. The number of hydrogen-bond acceptors (Lipinski definition) is 5. The van der Waals surface area contributed by atoms with E-state index in [0.717, 1.165) is 0 Å². The molecule has 108 valence electrons. The minimum atomic E-state index is -3.71. The predicted octanol–water partition coefficient (Wildman–Crippen LogP) is 3.25. The standard InChI is InChI=1S/C13H21O5P/c1-13(2,3)11-17-19(15,16-10-9-14)18-12-7-5-4-6-8-12/h4-8,14H,9-11H2,1-3H3. The summed E-state index contributed by atoms with van der Waals surface area (Å²) in [6.07, 6.45) is 0. The third-order valence-electron chi connectivity index (χ3n) is 1.96. The fourth-order valence-corrected chi connectivity index (χ4v) is 2.54. The van der Waals surface area contributed by atoms with Crippen molar-refractivity contribution in [2.75, 3.05) is 19.8 Å². The van der Waals surface area contributed by atoms with E-state index in [1.54, 1.807) is 24.3 Å². The van der Waals surface area contributed by atoms with Gasteiger partial charge in [-0.25, -0.2) is 4.57 Å². The Bertz CT molecular complexity index is 413. The van der Waals surface area contributed by atoms with Crippen molar-refractivity contribution in [3.63, 3.8) is 0 Å². The zero-order chi connectivity index (χ0) is 14.4. The van der Waals surface area contributed by atoms with E-state index >= 15 is 0 Å². The van der Waals surface area contributed by atoms with Gasteiger partial charge < -0.3 is 9.63 Å². The van der Waals surface area contributed by atoms with E-state index in [1.165, 1.54) is 0 Å². The van der Waals surface area contributed by atoms with E-state index in [0.29, 0.717) is 5.75 Å². The first-order chi connectivity index (χ1) is 8.85. The highest BCUT2D eigenvalue weighted by Gasteiger charge is 2.30. The molecule has 0 fully saturated rings. The SMILES string of the molecule is CC(C)(C)COP(=O)(OCCO)Oc1ccccc1. The molecule has 0 aliphatic carbocycles. The van der Waals surface area contributed by atoms with Gasteiger partial charge in [-0.15, -0.1) is 0 Å². The van der Waals surface area contributed by atoms with Crippen LogP contribution in [0.3, 0.4) is 0 Å². The number of benzene rings is 1. The molecule has 0 heterocycles. The second-order valence-corrected chi connectivity index (χ2v) is 6.84. The van der Waals surface area contributed by atoms with Gasteiger partial charge in [0, 0.05) is 0 Å². The van der Waals surface area contributed by atoms with Crippen LogP contribution in [0, 0.1) is 5.41 Å². The van der Waals surface area contributed by atoms with Gasteiger partial charge in [-0.05, 0) is 17.5 Å². The second-order valence-electron chi connectivity index (χ2n) is 5.24. The Balaban J connectivity index is 2.72. The van der Waals surface area contributed by atoms with E-state index in [1.807, 2.05) is 26.8 Å². The number of para-hydroxylation sites is 1. The molecular formula is C13H21O5P. The van der Waals surface area contributed by atoms with Gasteiger partial charge in [-0.2, -0.15) is 0 Å². The van der Waals surface area contributed by atoms with Crippen LogP contribution >= 0.6 is 7.82 Å². The molecule has 0 amide bonds. The van der Waals surface area contributed by atoms with E-state index in [4.69, 9.17) is 18.7 Å². The third kappa shape index (κ3) is 6.73. The van der Waals surface area contributed by atoms with Gasteiger partial charge in [-0.1, -0.05) is 39.0 Å². The molecular weight excluding hydrogens is 267 g/mol. The molecule has 0 radical (unpaired) electrons. The van der Waals surface area contributed by atoms with Crippen LogP contribution in [0.4, 0.5) is 0 Å². The number of phosphoric acid groups is 1. The predicted molar refractivity (Wildman–Crippen MR) is 73.1 cm³/mol. The largest absolute Gasteiger partial charge is 0.530 e. The maximum atomic E-state index is 12.4. The molecule has 1 atom stereocenters. The molecule has 0 saturated heterocycles. The molecule has 19 heavy (non-hydrogen) atoms. The van der Waals surface area contributed by atoms with Gasteiger partial charge in [0.15, 0.2) is 0 Å². The molecule has 1 unspecified atom stereocenters. The van der Waals surface area contributed by atoms with E-state index in [-0.39, 0.29) is 25.2 Å². The average molecular weight is 288 g/mol. The summed E-state index contributed by atoms with van der Waals surface area (Å²) in [5.41, 5.74) is -0.168. The zero-order valence-corrected chi connectivity index (χ0v) is 12.4. The second kappa shape index (κ2) is 7.06. The molecule has 6 heteroatoms. The minimum absolute atomic E-state index is 0.103. The van der Waals surface area contributed by atoms with Crippen molar-refractivity contribution < 1.29 is 23.2 Å². The van der Waals surface area contributed by atoms with Crippen LogP contribution < -0.4 is 4.52 Å². The van der Waals surface area contributed by atoms with Crippen molar-refractivity contribution in [2.24, 2.45) is 5.41 Å². The summed E-state index contributed by atoms with van der Waals surface area (Å²) in [5.74, 6) is 0.401. The summed E-state index contributed by atoms with van der Waals surface area (Å²) in [4.78, 5) is 0. The van der Waals surface area contributed by atoms with Gasteiger partial charge in [0.25, 0.3) is 0 Å². The van der Waals surface area contributed by atoms with Gasteiger partial charge in [0.1, 0.15) is 5.75 Å². The lowest BCUT2D eigenvalue weighted by Gasteiger charge is -2.23. The lowest BCUT2D eigenvalue weighted by atomic mass is 9.99.